The van der Waals surface area contributed by atoms with Crippen molar-refractivity contribution in [3.05, 3.63) is 68.1 Å². The molecule has 0 saturated heterocycles. The second-order valence-electron chi connectivity index (χ2n) is 6.04. The Morgan fingerprint density at radius 2 is 1.73 bits per heavy atom. The van der Waals surface area contributed by atoms with Gasteiger partial charge in [0.15, 0.2) is 0 Å². The van der Waals surface area contributed by atoms with Crippen LogP contribution in [0.15, 0.2) is 51.4 Å². The minimum Gasteiger partial charge on any atom is -0.341 e. The predicted molar refractivity (Wildman–Crippen MR) is 105 cm³/mol. The molecule has 134 valence electrons. The maximum Gasteiger partial charge on any atom is 0.261 e. The van der Waals surface area contributed by atoms with Crippen LogP contribution in [0.1, 0.15) is 32.7 Å². The number of hydrogen-bond donors (Lipinski definition) is 0. The van der Waals surface area contributed by atoms with Crippen molar-refractivity contribution in [2.45, 2.75) is 13.0 Å². The molecule has 26 heavy (non-hydrogen) atoms. The van der Waals surface area contributed by atoms with Crippen LogP contribution in [0.4, 0.5) is 0 Å². The van der Waals surface area contributed by atoms with Gasteiger partial charge in [-0.1, -0.05) is 50.1 Å². The third kappa shape index (κ3) is 3.73. The molecular weight excluding hydrogens is 464 g/mol. The monoisotopic (exact) mass is 478 g/mol. The summed E-state index contributed by atoms with van der Waals surface area (Å²) in [5.74, 6) is -0.829. The van der Waals surface area contributed by atoms with Crippen LogP contribution < -0.4 is 0 Å². The summed E-state index contributed by atoms with van der Waals surface area (Å²) in [5, 5.41) is 0. The van der Waals surface area contributed by atoms with Gasteiger partial charge in [0.2, 0.25) is 5.91 Å². The van der Waals surface area contributed by atoms with Crippen molar-refractivity contribution in [2.75, 3.05) is 13.6 Å². The van der Waals surface area contributed by atoms with Crippen LogP contribution in [0, 0.1) is 0 Å². The smallest absolute Gasteiger partial charge is 0.261 e. The number of fused-ring (bicyclic) bond motifs is 1. The minimum absolute atomic E-state index is 0.0725. The number of carbonyl (C=O) groups excluding carboxylic acids is 3. The number of carbonyl (C=O) groups is 3. The van der Waals surface area contributed by atoms with E-state index in [9.17, 15) is 14.4 Å². The molecule has 5 nitrogen and oxygen atoms in total. The largest absolute Gasteiger partial charge is 0.341 e. The zero-order valence-electron chi connectivity index (χ0n) is 14.0. The Balaban J connectivity index is 1.62. The minimum atomic E-state index is -0.354. The fraction of sp³-hybridized carbons (Fsp3) is 0.211. The van der Waals surface area contributed by atoms with Gasteiger partial charge in [-0.25, -0.2) is 0 Å². The highest BCUT2D eigenvalue weighted by Gasteiger charge is 2.35. The van der Waals surface area contributed by atoms with Gasteiger partial charge >= 0.3 is 0 Å². The molecule has 1 aliphatic heterocycles. The molecule has 2 aromatic carbocycles. The zero-order chi connectivity index (χ0) is 18.8. The van der Waals surface area contributed by atoms with Crippen molar-refractivity contribution < 1.29 is 14.4 Å². The summed E-state index contributed by atoms with van der Waals surface area (Å²) in [6.45, 7) is 0.526. The van der Waals surface area contributed by atoms with Crippen molar-refractivity contribution in [3.63, 3.8) is 0 Å². The average Bonchev–Trinajstić information content (AvgIpc) is 2.85. The van der Waals surface area contributed by atoms with E-state index < -0.39 is 0 Å². The maximum atomic E-state index is 12.4. The summed E-state index contributed by atoms with van der Waals surface area (Å²) < 4.78 is 1.68. The first-order valence-corrected chi connectivity index (χ1v) is 9.60. The van der Waals surface area contributed by atoms with Crippen LogP contribution in [0.5, 0.6) is 0 Å². The molecule has 1 aliphatic rings. The third-order valence-corrected chi connectivity index (χ3v) is 5.54. The van der Waals surface area contributed by atoms with Crippen molar-refractivity contribution >= 4 is 49.6 Å². The molecule has 0 aromatic heterocycles. The molecule has 1 heterocycles. The zero-order valence-corrected chi connectivity index (χ0v) is 17.2. The van der Waals surface area contributed by atoms with Crippen molar-refractivity contribution in [2.24, 2.45) is 0 Å². The summed E-state index contributed by atoms with van der Waals surface area (Å²) in [7, 11) is 1.71. The van der Waals surface area contributed by atoms with Gasteiger partial charge in [-0.05, 0) is 29.8 Å². The van der Waals surface area contributed by atoms with Gasteiger partial charge in [-0.2, -0.15) is 0 Å². The number of rotatable bonds is 5. The topological polar surface area (TPSA) is 57.7 Å². The van der Waals surface area contributed by atoms with Gasteiger partial charge in [0.25, 0.3) is 11.8 Å². The molecule has 2 aromatic rings. The quantitative estimate of drug-likeness (QED) is 0.612. The first kappa shape index (κ1) is 18.8. The van der Waals surface area contributed by atoms with E-state index in [0.717, 1.165) is 19.4 Å². The maximum absolute atomic E-state index is 12.4. The van der Waals surface area contributed by atoms with Gasteiger partial charge in [0, 0.05) is 35.5 Å². The number of benzene rings is 2. The molecule has 0 saturated carbocycles. The van der Waals surface area contributed by atoms with Gasteiger partial charge in [0.05, 0.1) is 11.1 Å². The second kappa shape index (κ2) is 7.72. The summed E-state index contributed by atoms with van der Waals surface area (Å²) in [6, 6.07) is 12.7. The van der Waals surface area contributed by atoms with Crippen LogP contribution in [-0.4, -0.2) is 41.1 Å². The molecular formula is C19H16Br2N2O3. The van der Waals surface area contributed by atoms with E-state index in [1.807, 2.05) is 24.3 Å². The first-order chi connectivity index (χ1) is 12.4. The highest BCUT2D eigenvalue weighted by molar-refractivity contribution is 9.10. The van der Waals surface area contributed by atoms with E-state index >= 15 is 0 Å². The van der Waals surface area contributed by atoms with Crippen molar-refractivity contribution in [1.29, 1.82) is 0 Å². The molecule has 0 unspecified atom stereocenters. The summed E-state index contributed by atoms with van der Waals surface area (Å²) >= 11 is 6.77. The first-order valence-electron chi connectivity index (χ1n) is 8.01. The van der Waals surface area contributed by atoms with E-state index in [-0.39, 0.29) is 30.7 Å². The van der Waals surface area contributed by atoms with Gasteiger partial charge in [0.1, 0.15) is 0 Å². The Hall–Kier alpha value is -1.99. The van der Waals surface area contributed by atoms with Crippen LogP contribution in [0.25, 0.3) is 0 Å². The summed E-state index contributed by atoms with van der Waals surface area (Å²) in [5.41, 5.74) is 1.75. The van der Waals surface area contributed by atoms with E-state index in [1.165, 1.54) is 0 Å². The van der Waals surface area contributed by atoms with Gasteiger partial charge in [-0.3, -0.25) is 19.3 Å². The Labute approximate surface area is 168 Å². The molecule has 3 amide bonds. The number of imide groups is 1. The van der Waals surface area contributed by atoms with Crippen LogP contribution in [0.3, 0.4) is 0 Å². The average molecular weight is 480 g/mol. The lowest BCUT2D eigenvalue weighted by atomic mass is 10.1. The SMILES string of the molecule is CN(Cc1ccccc1Br)C(=O)CCN1C(=O)c2ccc(Br)cc2C1=O. The van der Waals surface area contributed by atoms with E-state index in [1.54, 1.807) is 30.1 Å². The summed E-state index contributed by atoms with van der Waals surface area (Å²) in [4.78, 5) is 40.0. The van der Waals surface area contributed by atoms with E-state index in [4.69, 9.17) is 0 Å². The van der Waals surface area contributed by atoms with Crippen LogP contribution in [0.2, 0.25) is 0 Å². The predicted octanol–water partition coefficient (Wildman–Crippen LogP) is 3.86. The van der Waals surface area contributed by atoms with Crippen LogP contribution in [-0.2, 0) is 11.3 Å². The molecule has 3 rings (SSSR count). The van der Waals surface area contributed by atoms with Crippen molar-refractivity contribution in [1.82, 2.24) is 9.80 Å². The molecule has 0 bridgehead atoms. The normalized spacial score (nSPS) is 13.1. The van der Waals surface area contributed by atoms with Crippen molar-refractivity contribution in [3.8, 4) is 0 Å². The van der Waals surface area contributed by atoms with Gasteiger partial charge < -0.3 is 4.90 Å². The molecule has 0 N–H and O–H groups in total. The molecule has 0 fully saturated rings. The Kier molecular flexibility index (Phi) is 5.58. The summed E-state index contributed by atoms with van der Waals surface area (Å²) in [6.07, 6.45) is 0.0909. The fourth-order valence-electron chi connectivity index (χ4n) is 2.83. The Morgan fingerprint density at radius 3 is 2.46 bits per heavy atom. The standard InChI is InChI=1S/C19H16Br2N2O3/c1-22(11-12-4-2-3-5-16(12)21)17(24)8-9-23-18(25)14-7-6-13(20)10-15(14)19(23)26/h2-7,10H,8-9,11H2,1H3. The highest BCUT2D eigenvalue weighted by Crippen LogP contribution is 2.26. The fourth-order valence-corrected chi connectivity index (χ4v) is 3.61. The number of amides is 3. The number of halogens is 2. The Bertz CT molecular complexity index is 898. The number of nitrogens with zero attached hydrogens (tertiary/aromatic N) is 2. The van der Waals surface area contributed by atoms with Crippen LogP contribution >= 0.6 is 31.9 Å². The second-order valence-corrected chi connectivity index (χ2v) is 7.81. The van der Waals surface area contributed by atoms with Gasteiger partial charge in [-0.15, -0.1) is 0 Å². The molecule has 0 atom stereocenters. The lowest BCUT2D eigenvalue weighted by Gasteiger charge is -2.20. The molecule has 7 heteroatoms. The molecule has 0 spiro atoms. The lowest BCUT2D eigenvalue weighted by molar-refractivity contribution is -0.130. The highest BCUT2D eigenvalue weighted by atomic mass is 79.9. The third-order valence-electron chi connectivity index (χ3n) is 4.27. The molecule has 0 radical (unpaired) electrons. The van der Waals surface area contributed by atoms with E-state index in [0.29, 0.717) is 17.7 Å². The van der Waals surface area contributed by atoms with E-state index in [2.05, 4.69) is 31.9 Å². The molecule has 0 aliphatic carbocycles. The number of hydrogen-bond acceptors (Lipinski definition) is 3. The lowest BCUT2D eigenvalue weighted by Crippen LogP contribution is -2.35. The Morgan fingerprint density at radius 1 is 1.04 bits per heavy atom.